The first-order chi connectivity index (χ1) is 13.7. The van der Waals surface area contributed by atoms with E-state index in [-0.39, 0.29) is 11.8 Å². The van der Waals surface area contributed by atoms with Crippen LogP contribution in [0.4, 0.5) is 0 Å². The first-order valence-corrected chi connectivity index (χ1v) is 11.4. The molecule has 2 saturated carbocycles. The van der Waals surface area contributed by atoms with Crippen molar-refractivity contribution in [3.8, 4) is 0 Å². The zero-order valence-corrected chi connectivity index (χ0v) is 17.3. The van der Waals surface area contributed by atoms with E-state index in [9.17, 15) is 9.59 Å². The number of hydrogen-bond acceptors (Lipinski definition) is 4. The van der Waals surface area contributed by atoms with E-state index in [1.165, 1.54) is 64.2 Å². The van der Waals surface area contributed by atoms with E-state index in [1.54, 1.807) is 0 Å². The van der Waals surface area contributed by atoms with Crippen LogP contribution in [0.25, 0.3) is 0 Å². The molecule has 6 heteroatoms. The first-order valence-electron chi connectivity index (χ1n) is 11.4. The Morgan fingerprint density at radius 3 is 1.43 bits per heavy atom. The molecule has 0 unspecified atom stereocenters. The molecule has 6 nitrogen and oxygen atoms in total. The molecule has 0 radical (unpaired) electrons. The van der Waals surface area contributed by atoms with Crippen molar-refractivity contribution in [3.05, 3.63) is 0 Å². The lowest BCUT2D eigenvalue weighted by atomic mass is 9.90. The number of amides is 2. The third kappa shape index (κ3) is 10.6. The van der Waals surface area contributed by atoms with Crippen LogP contribution >= 0.6 is 0 Å². The monoisotopic (exact) mass is 390 g/mol. The van der Waals surface area contributed by atoms with Gasteiger partial charge in [0.1, 0.15) is 0 Å². The summed E-state index contributed by atoms with van der Waals surface area (Å²) in [5.74, 6) is 1.04. The quantitative estimate of drug-likeness (QED) is 0.305. The summed E-state index contributed by atoms with van der Waals surface area (Å²) in [4.78, 5) is 23.5. The van der Waals surface area contributed by atoms with Gasteiger partial charge in [-0.15, -0.1) is 0 Å². The Morgan fingerprint density at radius 1 is 0.643 bits per heavy atom. The summed E-state index contributed by atoms with van der Waals surface area (Å²) < 4.78 is 0. The van der Waals surface area contributed by atoms with Gasteiger partial charge in [-0.25, -0.2) is 10.9 Å². The average Bonchev–Trinajstić information content (AvgIpc) is 2.72. The number of carbonyl (C=O) groups excluding carboxylic acids is 2. The molecule has 2 aliphatic carbocycles. The van der Waals surface area contributed by atoms with Crippen molar-refractivity contribution in [1.29, 1.82) is 0 Å². The smallest absolute Gasteiger partial charge is 0.240 e. The molecule has 2 aliphatic rings. The normalized spacial score (nSPS) is 19.3. The summed E-state index contributed by atoms with van der Waals surface area (Å²) in [5, 5.41) is 8.21. The minimum Gasteiger partial charge on any atom is -0.273 e. The number of rotatable bonds is 11. The second kappa shape index (κ2) is 14.3. The van der Waals surface area contributed by atoms with E-state index in [4.69, 9.17) is 0 Å². The van der Waals surface area contributed by atoms with E-state index >= 15 is 0 Å². The topological polar surface area (TPSA) is 82.9 Å². The highest BCUT2D eigenvalue weighted by atomic mass is 16.2. The Balaban J connectivity index is 1.41. The van der Waals surface area contributed by atoms with Crippen molar-refractivity contribution in [2.75, 3.05) is 0 Å². The summed E-state index contributed by atoms with van der Waals surface area (Å²) in [6.45, 7) is 0. The molecule has 2 N–H and O–H groups in total. The van der Waals surface area contributed by atoms with Gasteiger partial charge in [0, 0.05) is 25.3 Å². The molecular formula is C22H38N4O2. The third-order valence-corrected chi connectivity index (χ3v) is 5.81. The molecule has 158 valence electrons. The van der Waals surface area contributed by atoms with E-state index < -0.39 is 0 Å². The van der Waals surface area contributed by atoms with Crippen LogP contribution in [-0.4, -0.2) is 24.2 Å². The van der Waals surface area contributed by atoms with Gasteiger partial charge in [0.25, 0.3) is 0 Å². The SMILES string of the molecule is O=C(CCCCCCC(=O)N/N=C/C1CCCCC1)N/N=C/C1CCCCC1. The summed E-state index contributed by atoms with van der Waals surface area (Å²) in [6, 6.07) is 0. The summed E-state index contributed by atoms with van der Waals surface area (Å²) in [5.41, 5.74) is 5.28. The Morgan fingerprint density at radius 2 is 1.04 bits per heavy atom. The van der Waals surface area contributed by atoms with Crippen LogP contribution in [0.2, 0.25) is 0 Å². The molecule has 2 fully saturated rings. The van der Waals surface area contributed by atoms with Crippen molar-refractivity contribution in [3.63, 3.8) is 0 Å². The average molecular weight is 391 g/mol. The molecular weight excluding hydrogens is 352 g/mol. The van der Waals surface area contributed by atoms with E-state index in [2.05, 4.69) is 21.1 Å². The van der Waals surface area contributed by atoms with Gasteiger partial charge in [-0.1, -0.05) is 51.4 Å². The maximum atomic E-state index is 11.8. The van der Waals surface area contributed by atoms with Crippen molar-refractivity contribution in [2.24, 2.45) is 22.0 Å². The number of carbonyl (C=O) groups is 2. The molecule has 0 aliphatic heterocycles. The predicted octanol–water partition coefficient (Wildman–Crippen LogP) is 4.69. The Kier molecular flexibility index (Phi) is 11.5. The van der Waals surface area contributed by atoms with E-state index in [0.717, 1.165) is 25.7 Å². The maximum Gasteiger partial charge on any atom is 0.240 e. The van der Waals surface area contributed by atoms with Gasteiger partial charge < -0.3 is 0 Å². The van der Waals surface area contributed by atoms with Crippen LogP contribution in [0.15, 0.2) is 10.2 Å². The van der Waals surface area contributed by atoms with Crippen LogP contribution in [0, 0.1) is 11.8 Å². The van der Waals surface area contributed by atoms with Gasteiger partial charge in [0.2, 0.25) is 11.8 Å². The summed E-state index contributed by atoms with van der Waals surface area (Å²) in [6.07, 6.45) is 20.9. The molecule has 2 amide bonds. The Labute approximate surface area is 170 Å². The minimum absolute atomic E-state index is 0.0122. The molecule has 0 atom stereocenters. The van der Waals surface area contributed by atoms with Crippen molar-refractivity contribution < 1.29 is 9.59 Å². The van der Waals surface area contributed by atoms with Gasteiger partial charge >= 0.3 is 0 Å². The summed E-state index contributed by atoms with van der Waals surface area (Å²) >= 11 is 0. The van der Waals surface area contributed by atoms with Crippen LogP contribution in [-0.2, 0) is 9.59 Å². The van der Waals surface area contributed by atoms with Crippen molar-refractivity contribution in [1.82, 2.24) is 10.9 Å². The van der Waals surface area contributed by atoms with E-state index in [1.807, 2.05) is 12.4 Å². The molecule has 0 aromatic rings. The minimum atomic E-state index is -0.0122. The largest absolute Gasteiger partial charge is 0.273 e. The van der Waals surface area contributed by atoms with E-state index in [0.29, 0.717) is 24.7 Å². The predicted molar refractivity (Wildman–Crippen MR) is 114 cm³/mol. The third-order valence-electron chi connectivity index (χ3n) is 5.81. The molecule has 2 rings (SSSR count). The Hall–Kier alpha value is -1.72. The highest BCUT2D eigenvalue weighted by Crippen LogP contribution is 2.22. The lowest BCUT2D eigenvalue weighted by molar-refractivity contribution is -0.122. The fourth-order valence-electron chi connectivity index (χ4n) is 4.03. The molecule has 0 aromatic carbocycles. The fraction of sp³-hybridized carbons (Fsp3) is 0.818. The van der Waals surface area contributed by atoms with Gasteiger partial charge in [-0.05, 0) is 50.4 Å². The standard InChI is InChI=1S/C22H38N4O2/c27-21(25-23-17-19-11-5-3-6-12-19)15-9-1-2-10-16-22(28)26-24-18-20-13-7-4-8-14-20/h17-20H,1-16H2,(H,25,27)(H,26,28)/b23-17+,24-18+. The zero-order chi connectivity index (χ0) is 19.9. The van der Waals surface area contributed by atoms with Crippen LogP contribution in [0.1, 0.15) is 103 Å². The number of nitrogens with one attached hydrogen (secondary N) is 2. The molecule has 0 heterocycles. The van der Waals surface area contributed by atoms with Gasteiger partial charge in [-0.2, -0.15) is 10.2 Å². The number of nitrogens with zero attached hydrogens (tertiary/aromatic N) is 2. The Bertz CT molecular complexity index is 461. The highest BCUT2D eigenvalue weighted by Gasteiger charge is 2.11. The van der Waals surface area contributed by atoms with Crippen molar-refractivity contribution in [2.45, 2.75) is 103 Å². The molecule has 0 spiro atoms. The van der Waals surface area contributed by atoms with Crippen molar-refractivity contribution >= 4 is 24.2 Å². The first kappa shape index (κ1) is 22.6. The van der Waals surface area contributed by atoms with Crippen LogP contribution < -0.4 is 10.9 Å². The number of hydrogen-bond donors (Lipinski definition) is 2. The summed E-state index contributed by atoms with van der Waals surface area (Å²) in [7, 11) is 0. The van der Waals surface area contributed by atoms with Crippen LogP contribution in [0.3, 0.4) is 0 Å². The van der Waals surface area contributed by atoms with Gasteiger partial charge in [-0.3, -0.25) is 9.59 Å². The lowest BCUT2D eigenvalue weighted by Crippen LogP contribution is -2.19. The molecule has 28 heavy (non-hydrogen) atoms. The highest BCUT2D eigenvalue weighted by molar-refractivity contribution is 5.77. The lowest BCUT2D eigenvalue weighted by Gasteiger charge is -2.16. The van der Waals surface area contributed by atoms with Gasteiger partial charge in [0.15, 0.2) is 0 Å². The molecule has 0 bridgehead atoms. The number of unbranched alkanes of at least 4 members (excludes halogenated alkanes) is 3. The van der Waals surface area contributed by atoms with Crippen LogP contribution in [0.5, 0.6) is 0 Å². The molecule has 0 aromatic heterocycles. The molecule has 0 saturated heterocycles. The maximum absolute atomic E-state index is 11.8. The fourth-order valence-corrected chi connectivity index (χ4v) is 4.03. The van der Waals surface area contributed by atoms with Gasteiger partial charge in [0.05, 0.1) is 0 Å². The number of hydrazone groups is 2. The second-order valence-electron chi connectivity index (χ2n) is 8.34. The zero-order valence-electron chi connectivity index (χ0n) is 17.3. The second-order valence-corrected chi connectivity index (χ2v) is 8.34.